The molecule has 20 heavy (non-hydrogen) atoms. The summed E-state index contributed by atoms with van der Waals surface area (Å²) in [7, 11) is 2.15. The number of likely N-dealkylation sites (tertiary alicyclic amines) is 1. The molecular weight excluding hydrogens is 248 g/mol. The molecule has 1 aliphatic rings. The third-order valence-corrected chi connectivity index (χ3v) is 4.17. The fourth-order valence-corrected chi connectivity index (χ4v) is 2.95. The zero-order valence-electron chi connectivity index (χ0n) is 12.6. The molecule has 1 N–H and O–H groups in total. The van der Waals surface area contributed by atoms with Gasteiger partial charge in [0.25, 0.3) is 0 Å². The third kappa shape index (κ3) is 4.64. The van der Waals surface area contributed by atoms with Crippen LogP contribution >= 0.6 is 0 Å². The molecule has 0 aliphatic carbocycles. The van der Waals surface area contributed by atoms with Crippen molar-refractivity contribution in [1.29, 1.82) is 0 Å². The first-order valence-corrected chi connectivity index (χ1v) is 7.67. The molecular formula is C17H26N2O. The third-order valence-electron chi connectivity index (χ3n) is 4.17. The van der Waals surface area contributed by atoms with Gasteiger partial charge < -0.3 is 10.2 Å². The van der Waals surface area contributed by atoms with E-state index in [1.54, 1.807) is 0 Å². The smallest absolute Gasteiger partial charge is 0.220 e. The van der Waals surface area contributed by atoms with Gasteiger partial charge in [0, 0.05) is 19.0 Å². The molecule has 1 amide bonds. The second-order valence-corrected chi connectivity index (χ2v) is 6.04. The fraction of sp³-hybridized carbons (Fsp3) is 0.588. The Kier molecular flexibility index (Phi) is 5.60. The van der Waals surface area contributed by atoms with Crippen molar-refractivity contribution in [3.05, 3.63) is 35.9 Å². The Morgan fingerprint density at radius 1 is 1.35 bits per heavy atom. The SMILES string of the molecule is C[C@H]1CN(C)CC[C@@H]1NC(=O)CCCc1ccccc1. The van der Waals surface area contributed by atoms with Crippen LogP contribution in [0.15, 0.2) is 30.3 Å². The van der Waals surface area contributed by atoms with Crippen molar-refractivity contribution in [3.8, 4) is 0 Å². The number of rotatable bonds is 5. The highest BCUT2D eigenvalue weighted by molar-refractivity contribution is 5.76. The van der Waals surface area contributed by atoms with Crippen LogP contribution in [0.2, 0.25) is 0 Å². The van der Waals surface area contributed by atoms with Gasteiger partial charge in [0.15, 0.2) is 0 Å². The molecule has 1 saturated heterocycles. The molecule has 1 fully saturated rings. The number of piperidine rings is 1. The lowest BCUT2D eigenvalue weighted by Crippen LogP contribution is -2.48. The zero-order valence-corrected chi connectivity index (χ0v) is 12.6. The molecule has 1 aromatic carbocycles. The average molecular weight is 274 g/mol. The van der Waals surface area contributed by atoms with Crippen LogP contribution in [-0.4, -0.2) is 37.0 Å². The summed E-state index contributed by atoms with van der Waals surface area (Å²) >= 11 is 0. The molecule has 3 nitrogen and oxygen atoms in total. The van der Waals surface area contributed by atoms with E-state index in [-0.39, 0.29) is 5.91 Å². The molecule has 0 radical (unpaired) electrons. The second-order valence-electron chi connectivity index (χ2n) is 6.04. The molecule has 1 aliphatic heterocycles. The number of nitrogens with zero attached hydrogens (tertiary/aromatic N) is 1. The number of carbonyl (C=O) groups excluding carboxylic acids is 1. The van der Waals surface area contributed by atoms with Crippen molar-refractivity contribution in [1.82, 2.24) is 10.2 Å². The molecule has 0 spiro atoms. The lowest BCUT2D eigenvalue weighted by atomic mass is 9.94. The second kappa shape index (κ2) is 7.44. The molecule has 0 unspecified atom stereocenters. The van der Waals surface area contributed by atoms with Crippen molar-refractivity contribution in [2.45, 2.75) is 38.6 Å². The predicted molar refractivity (Wildman–Crippen MR) is 82.6 cm³/mol. The van der Waals surface area contributed by atoms with E-state index >= 15 is 0 Å². The maximum absolute atomic E-state index is 12.0. The first-order valence-electron chi connectivity index (χ1n) is 7.67. The van der Waals surface area contributed by atoms with Crippen molar-refractivity contribution >= 4 is 5.91 Å². The number of benzene rings is 1. The van der Waals surface area contributed by atoms with Gasteiger partial charge in [-0.1, -0.05) is 37.3 Å². The Morgan fingerprint density at radius 2 is 2.10 bits per heavy atom. The molecule has 0 bridgehead atoms. The van der Waals surface area contributed by atoms with Gasteiger partial charge in [0.05, 0.1) is 0 Å². The summed E-state index contributed by atoms with van der Waals surface area (Å²) in [4.78, 5) is 14.3. The topological polar surface area (TPSA) is 32.3 Å². The number of hydrogen-bond acceptors (Lipinski definition) is 2. The Balaban J connectivity index is 1.68. The lowest BCUT2D eigenvalue weighted by Gasteiger charge is -2.35. The highest BCUT2D eigenvalue weighted by Gasteiger charge is 2.25. The zero-order chi connectivity index (χ0) is 14.4. The molecule has 1 aromatic rings. The van der Waals surface area contributed by atoms with E-state index in [1.165, 1.54) is 5.56 Å². The number of amides is 1. The molecule has 3 heteroatoms. The van der Waals surface area contributed by atoms with Gasteiger partial charge in [0.1, 0.15) is 0 Å². The fourth-order valence-electron chi connectivity index (χ4n) is 2.95. The summed E-state index contributed by atoms with van der Waals surface area (Å²) in [5, 5.41) is 3.21. The van der Waals surface area contributed by atoms with E-state index in [1.807, 2.05) is 6.07 Å². The summed E-state index contributed by atoms with van der Waals surface area (Å²) in [6.07, 6.45) is 3.62. The number of aryl methyl sites for hydroxylation is 1. The van der Waals surface area contributed by atoms with Gasteiger partial charge in [-0.25, -0.2) is 0 Å². The standard InChI is InChI=1S/C17H26N2O/c1-14-13-19(2)12-11-16(14)18-17(20)10-6-9-15-7-4-3-5-8-15/h3-5,7-8,14,16H,6,9-13H2,1-2H3,(H,18,20)/t14-,16-/m0/s1. The molecule has 0 saturated carbocycles. The summed E-state index contributed by atoms with van der Waals surface area (Å²) < 4.78 is 0. The highest BCUT2D eigenvalue weighted by atomic mass is 16.1. The Bertz CT molecular complexity index is 418. The van der Waals surface area contributed by atoms with E-state index in [0.29, 0.717) is 18.4 Å². The highest BCUT2D eigenvalue weighted by Crippen LogP contribution is 2.15. The van der Waals surface area contributed by atoms with Crippen molar-refractivity contribution in [3.63, 3.8) is 0 Å². The van der Waals surface area contributed by atoms with Gasteiger partial charge in [-0.15, -0.1) is 0 Å². The first-order chi connectivity index (χ1) is 9.65. The van der Waals surface area contributed by atoms with Gasteiger partial charge in [-0.2, -0.15) is 0 Å². The lowest BCUT2D eigenvalue weighted by molar-refractivity contribution is -0.122. The van der Waals surface area contributed by atoms with Crippen molar-refractivity contribution < 1.29 is 4.79 Å². The summed E-state index contributed by atoms with van der Waals surface area (Å²) in [5.74, 6) is 0.758. The molecule has 110 valence electrons. The molecule has 0 aromatic heterocycles. The number of carbonyl (C=O) groups is 1. The number of nitrogens with one attached hydrogen (secondary N) is 1. The maximum atomic E-state index is 12.0. The minimum atomic E-state index is 0.210. The largest absolute Gasteiger partial charge is 0.353 e. The van der Waals surface area contributed by atoms with Crippen LogP contribution in [0.4, 0.5) is 0 Å². The number of hydrogen-bond donors (Lipinski definition) is 1. The van der Waals surface area contributed by atoms with Crippen LogP contribution in [0, 0.1) is 5.92 Å². The van der Waals surface area contributed by atoms with Gasteiger partial charge in [-0.05, 0) is 44.3 Å². The molecule has 2 rings (SSSR count). The van der Waals surface area contributed by atoms with Crippen LogP contribution in [0.5, 0.6) is 0 Å². The Morgan fingerprint density at radius 3 is 2.80 bits per heavy atom. The van der Waals surface area contributed by atoms with E-state index in [0.717, 1.165) is 32.4 Å². The Hall–Kier alpha value is -1.35. The molecule has 1 heterocycles. The van der Waals surface area contributed by atoms with E-state index < -0.39 is 0 Å². The van der Waals surface area contributed by atoms with Gasteiger partial charge in [0.2, 0.25) is 5.91 Å². The quantitative estimate of drug-likeness (QED) is 0.894. The summed E-state index contributed by atoms with van der Waals surface area (Å²) in [6.45, 7) is 4.39. The van der Waals surface area contributed by atoms with Crippen LogP contribution < -0.4 is 5.32 Å². The van der Waals surface area contributed by atoms with E-state index in [9.17, 15) is 4.79 Å². The van der Waals surface area contributed by atoms with Crippen molar-refractivity contribution in [2.24, 2.45) is 5.92 Å². The summed E-state index contributed by atoms with van der Waals surface area (Å²) in [6, 6.07) is 10.7. The predicted octanol–water partition coefficient (Wildman–Crippen LogP) is 2.47. The molecule has 2 atom stereocenters. The maximum Gasteiger partial charge on any atom is 0.220 e. The van der Waals surface area contributed by atoms with E-state index in [2.05, 4.69) is 48.5 Å². The summed E-state index contributed by atoms with van der Waals surface area (Å²) in [5.41, 5.74) is 1.31. The minimum absolute atomic E-state index is 0.210. The first kappa shape index (κ1) is 15.0. The van der Waals surface area contributed by atoms with Gasteiger partial charge >= 0.3 is 0 Å². The monoisotopic (exact) mass is 274 g/mol. The minimum Gasteiger partial charge on any atom is -0.353 e. The van der Waals surface area contributed by atoms with Crippen LogP contribution in [0.1, 0.15) is 31.7 Å². The normalized spacial score (nSPS) is 23.5. The van der Waals surface area contributed by atoms with Gasteiger partial charge in [-0.3, -0.25) is 4.79 Å². The van der Waals surface area contributed by atoms with E-state index in [4.69, 9.17) is 0 Å². The Labute approximate surface area is 122 Å². The van der Waals surface area contributed by atoms with Crippen LogP contribution in [0.3, 0.4) is 0 Å². The average Bonchev–Trinajstić information content (AvgIpc) is 2.43. The van der Waals surface area contributed by atoms with Crippen LogP contribution in [-0.2, 0) is 11.2 Å². The van der Waals surface area contributed by atoms with Crippen LogP contribution in [0.25, 0.3) is 0 Å². The van der Waals surface area contributed by atoms with Crippen molar-refractivity contribution in [2.75, 3.05) is 20.1 Å².